The number of imidazole rings is 1. The summed E-state index contributed by atoms with van der Waals surface area (Å²) in [6.45, 7) is 5.06. The van der Waals surface area contributed by atoms with Gasteiger partial charge in [-0.3, -0.25) is 4.79 Å². The van der Waals surface area contributed by atoms with Crippen LogP contribution in [0.3, 0.4) is 0 Å². The number of aromatic nitrogens is 2. The van der Waals surface area contributed by atoms with Crippen LogP contribution in [0.2, 0.25) is 0 Å². The third-order valence-electron chi connectivity index (χ3n) is 8.29. The standard InChI is InChI=1S/C30H45N5O3S/c1-3-19-38-30(24-7-5-4-6-8-24)14-17-35(18-15-30)28(36)27(20-23-9-11-26(37-2)12-10-23)34-29(39)32-16-13-25-21-31-22-33-25/h9-12,21-22,24,27H,3-8,13-20H2,1-2H3,(H,31,33)(H2,32,34,39)/t27-/m1/s1. The van der Waals surface area contributed by atoms with E-state index in [9.17, 15) is 4.79 Å². The summed E-state index contributed by atoms with van der Waals surface area (Å²) in [5.74, 6) is 1.50. The number of nitrogens with zero attached hydrogens (tertiary/aromatic N) is 2. The van der Waals surface area contributed by atoms with Crippen LogP contribution in [-0.2, 0) is 22.4 Å². The number of hydrogen-bond donors (Lipinski definition) is 3. The number of rotatable bonds is 12. The summed E-state index contributed by atoms with van der Waals surface area (Å²) in [7, 11) is 1.66. The highest BCUT2D eigenvalue weighted by atomic mass is 32.1. The molecule has 3 N–H and O–H groups in total. The van der Waals surface area contributed by atoms with Gasteiger partial charge in [0, 0.05) is 45.3 Å². The number of hydrogen-bond acceptors (Lipinski definition) is 5. The van der Waals surface area contributed by atoms with Gasteiger partial charge in [-0.1, -0.05) is 38.3 Å². The molecule has 2 aliphatic rings. The van der Waals surface area contributed by atoms with Crippen LogP contribution in [0.15, 0.2) is 36.8 Å². The fourth-order valence-electron chi connectivity index (χ4n) is 6.07. The number of carbonyl (C=O) groups is 1. The van der Waals surface area contributed by atoms with E-state index in [1.807, 2.05) is 35.4 Å². The summed E-state index contributed by atoms with van der Waals surface area (Å²) in [6, 6.07) is 7.43. The highest BCUT2D eigenvalue weighted by molar-refractivity contribution is 7.80. The maximum Gasteiger partial charge on any atom is 0.245 e. The Labute approximate surface area is 238 Å². The maximum absolute atomic E-state index is 13.9. The van der Waals surface area contributed by atoms with Crippen molar-refractivity contribution in [2.24, 2.45) is 5.92 Å². The predicted octanol–water partition coefficient (Wildman–Crippen LogP) is 4.40. The Balaban J connectivity index is 1.40. The van der Waals surface area contributed by atoms with Crippen LogP contribution in [0.4, 0.5) is 0 Å². The summed E-state index contributed by atoms with van der Waals surface area (Å²) in [6.07, 6.45) is 14.1. The minimum absolute atomic E-state index is 0.0881. The molecule has 1 aromatic carbocycles. The van der Waals surface area contributed by atoms with E-state index >= 15 is 0 Å². The van der Waals surface area contributed by atoms with Crippen molar-refractivity contribution in [2.45, 2.75) is 82.8 Å². The maximum atomic E-state index is 13.9. The SMILES string of the molecule is CCCOC1(C2CCCCC2)CCN(C(=O)[C@@H](Cc2ccc(OC)cc2)NC(=S)NCCc2c[nH]cn2)CC1. The number of ether oxygens (including phenoxy) is 2. The zero-order valence-corrected chi connectivity index (χ0v) is 24.4. The van der Waals surface area contributed by atoms with Crippen molar-refractivity contribution in [2.75, 3.05) is 33.4 Å². The van der Waals surface area contributed by atoms with Crippen LogP contribution >= 0.6 is 12.2 Å². The van der Waals surface area contributed by atoms with Gasteiger partial charge < -0.3 is 30.0 Å². The molecule has 0 radical (unpaired) electrons. The topological polar surface area (TPSA) is 91.5 Å². The van der Waals surface area contributed by atoms with Crippen LogP contribution in [0.5, 0.6) is 5.75 Å². The third kappa shape index (κ3) is 8.18. The first-order chi connectivity index (χ1) is 19.0. The summed E-state index contributed by atoms with van der Waals surface area (Å²) in [4.78, 5) is 23.2. The quantitative estimate of drug-likeness (QED) is 0.334. The van der Waals surface area contributed by atoms with E-state index in [1.54, 1.807) is 13.4 Å². The molecule has 9 heteroatoms. The molecule has 1 aliphatic carbocycles. The second-order valence-electron chi connectivity index (χ2n) is 10.9. The van der Waals surface area contributed by atoms with Crippen molar-refractivity contribution >= 4 is 23.2 Å². The Bertz CT molecular complexity index is 1020. The molecule has 2 fully saturated rings. The lowest BCUT2D eigenvalue weighted by Crippen LogP contribution is -2.57. The average molecular weight is 556 g/mol. The van der Waals surface area contributed by atoms with E-state index in [4.69, 9.17) is 21.7 Å². The minimum Gasteiger partial charge on any atom is -0.497 e. The van der Waals surface area contributed by atoms with Gasteiger partial charge in [-0.2, -0.15) is 0 Å². The molecule has 2 heterocycles. The van der Waals surface area contributed by atoms with Gasteiger partial charge in [0.05, 0.1) is 24.7 Å². The molecule has 4 rings (SSSR count). The van der Waals surface area contributed by atoms with Crippen molar-refractivity contribution in [3.05, 3.63) is 48.0 Å². The zero-order valence-electron chi connectivity index (χ0n) is 23.5. The van der Waals surface area contributed by atoms with E-state index in [0.29, 0.717) is 24.0 Å². The second-order valence-corrected chi connectivity index (χ2v) is 11.3. The number of benzene rings is 1. The minimum atomic E-state index is -0.456. The van der Waals surface area contributed by atoms with E-state index in [1.165, 1.54) is 32.1 Å². The van der Waals surface area contributed by atoms with Gasteiger partial charge in [0.25, 0.3) is 0 Å². The number of piperidine rings is 1. The fourth-order valence-corrected chi connectivity index (χ4v) is 6.31. The van der Waals surface area contributed by atoms with Gasteiger partial charge in [-0.25, -0.2) is 4.98 Å². The molecule has 0 spiro atoms. The lowest BCUT2D eigenvalue weighted by atomic mass is 9.72. The van der Waals surface area contributed by atoms with Gasteiger partial charge in [0.1, 0.15) is 11.8 Å². The van der Waals surface area contributed by atoms with Crippen LogP contribution < -0.4 is 15.4 Å². The monoisotopic (exact) mass is 555 g/mol. The van der Waals surface area contributed by atoms with Gasteiger partial charge in [-0.15, -0.1) is 0 Å². The number of amides is 1. The summed E-state index contributed by atoms with van der Waals surface area (Å²) in [5.41, 5.74) is 1.94. The first-order valence-corrected chi connectivity index (χ1v) is 15.0. The van der Waals surface area contributed by atoms with Crippen LogP contribution in [0.25, 0.3) is 0 Å². The Morgan fingerprint density at radius 2 is 1.95 bits per heavy atom. The summed E-state index contributed by atoms with van der Waals surface area (Å²) < 4.78 is 11.9. The highest BCUT2D eigenvalue weighted by Crippen LogP contribution is 2.42. The van der Waals surface area contributed by atoms with Crippen molar-refractivity contribution in [1.82, 2.24) is 25.5 Å². The Morgan fingerprint density at radius 1 is 1.21 bits per heavy atom. The number of nitrogens with one attached hydrogen (secondary N) is 3. The van der Waals surface area contributed by atoms with Gasteiger partial charge in [0.2, 0.25) is 5.91 Å². The van der Waals surface area contributed by atoms with E-state index < -0.39 is 6.04 Å². The average Bonchev–Trinajstić information content (AvgIpc) is 3.50. The van der Waals surface area contributed by atoms with Crippen molar-refractivity contribution in [3.63, 3.8) is 0 Å². The summed E-state index contributed by atoms with van der Waals surface area (Å²) >= 11 is 5.61. The van der Waals surface area contributed by atoms with Gasteiger partial charge in [0.15, 0.2) is 5.11 Å². The van der Waals surface area contributed by atoms with Crippen molar-refractivity contribution in [3.8, 4) is 5.75 Å². The first-order valence-electron chi connectivity index (χ1n) is 14.6. The Kier molecular flexibility index (Phi) is 11.0. The van der Waals surface area contributed by atoms with Crippen LogP contribution in [-0.4, -0.2) is 70.9 Å². The molecule has 2 aromatic rings. The Morgan fingerprint density at radius 3 is 2.59 bits per heavy atom. The largest absolute Gasteiger partial charge is 0.497 e. The lowest BCUT2D eigenvalue weighted by Gasteiger charge is -2.48. The van der Waals surface area contributed by atoms with Crippen LogP contribution in [0.1, 0.15) is 69.5 Å². The zero-order chi connectivity index (χ0) is 27.5. The molecule has 8 nitrogen and oxygen atoms in total. The lowest BCUT2D eigenvalue weighted by molar-refractivity contribution is -0.149. The molecule has 1 saturated heterocycles. The smallest absolute Gasteiger partial charge is 0.245 e. The van der Waals surface area contributed by atoms with Crippen molar-refractivity contribution < 1.29 is 14.3 Å². The normalized spacial score (nSPS) is 18.4. The number of aromatic amines is 1. The molecule has 1 aliphatic heterocycles. The van der Waals surface area contributed by atoms with Gasteiger partial charge >= 0.3 is 0 Å². The predicted molar refractivity (Wildman–Crippen MR) is 158 cm³/mol. The van der Waals surface area contributed by atoms with Gasteiger partial charge in [-0.05, 0) is 67.9 Å². The number of likely N-dealkylation sites (tertiary alicyclic amines) is 1. The fraction of sp³-hybridized carbons (Fsp3) is 0.633. The molecular formula is C30H45N5O3S. The number of methoxy groups -OCH3 is 1. The molecule has 0 bridgehead atoms. The molecular weight excluding hydrogens is 510 g/mol. The Hall–Kier alpha value is -2.65. The first kappa shape index (κ1) is 29.3. The third-order valence-corrected chi connectivity index (χ3v) is 8.55. The molecule has 214 valence electrons. The number of thiocarbonyl (C=S) groups is 1. The molecule has 1 aromatic heterocycles. The molecule has 1 saturated carbocycles. The van der Waals surface area contributed by atoms with Crippen molar-refractivity contribution in [1.29, 1.82) is 0 Å². The van der Waals surface area contributed by atoms with E-state index in [-0.39, 0.29) is 11.5 Å². The molecule has 1 amide bonds. The number of H-pyrrole nitrogens is 1. The second kappa shape index (κ2) is 14.7. The number of carbonyl (C=O) groups excluding carboxylic acids is 1. The van der Waals surface area contributed by atoms with Crippen LogP contribution in [0, 0.1) is 5.92 Å². The highest BCUT2D eigenvalue weighted by Gasteiger charge is 2.44. The molecule has 1 atom stereocenters. The van der Waals surface area contributed by atoms with E-state index in [0.717, 1.165) is 62.4 Å². The van der Waals surface area contributed by atoms with E-state index in [2.05, 4.69) is 27.5 Å². The molecule has 0 unspecified atom stereocenters. The summed E-state index contributed by atoms with van der Waals surface area (Å²) in [5, 5.41) is 7.06. The molecule has 39 heavy (non-hydrogen) atoms.